The van der Waals surface area contributed by atoms with Gasteiger partial charge in [0.1, 0.15) is 5.76 Å². The second-order valence-electron chi connectivity index (χ2n) is 5.47. The summed E-state index contributed by atoms with van der Waals surface area (Å²) in [6, 6.07) is 8.43. The van der Waals surface area contributed by atoms with Crippen molar-refractivity contribution in [3.05, 3.63) is 53.0 Å². The van der Waals surface area contributed by atoms with Crippen molar-refractivity contribution >= 4 is 10.9 Å². The quantitative estimate of drug-likeness (QED) is 0.774. The largest absolute Gasteiger partial charge is 0.361 e. The van der Waals surface area contributed by atoms with Crippen LogP contribution in [-0.4, -0.2) is 21.6 Å². The second-order valence-corrected chi connectivity index (χ2v) is 5.47. The fraction of sp³-hybridized carbons (Fsp3) is 0.353. The molecule has 0 unspecified atom stereocenters. The third-order valence-electron chi connectivity index (χ3n) is 4.08. The third kappa shape index (κ3) is 2.72. The summed E-state index contributed by atoms with van der Waals surface area (Å²) in [5.74, 6) is 0.921. The van der Waals surface area contributed by atoms with Gasteiger partial charge in [0.15, 0.2) is 0 Å². The molecule has 0 spiro atoms. The SMILES string of the molecule is CCN(Cc1c(C)noc1C)Cc1c[nH]c2ccccc12. The summed E-state index contributed by atoms with van der Waals surface area (Å²) < 4.78 is 5.26. The Morgan fingerprint density at radius 2 is 2.00 bits per heavy atom. The molecule has 4 nitrogen and oxygen atoms in total. The van der Waals surface area contributed by atoms with Crippen molar-refractivity contribution in [2.24, 2.45) is 0 Å². The molecule has 0 saturated heterocycles. The molecular formula is C17H21N3O. The van der Waals surface area contributed by atoms with Gasteiger partial charge in [-0.25, -0.2) is 0 Å². The first-order chi connectivity index (χ1) is 10.2. The molecule has 0 bridgehead atoms. The number of aromatic nitrogens is 2. The molecule has 0 aliphatic rings. The highest BCUT2D eigenvalue weighted by Crippen LogP contribution is 2.21. The van der Waals surface area contributed by atoms with Crippen molar-refractivity contribution in [3.63, 3.8) is 0 Å². The molecule has 0 saturated carbocycles. The maximum atomic E-state index is 5.26. The number of aromatic amines is 1. The Kier molecular flexibility index (Phi) is 3.80. The number of nitrogens with one attached hydrogen (secondary N) is 1. The van der Waals surface area contributed by atoms with Crippen LogP contribution in [0.2, 0.25) is 0 Å². The lowest BCUT2D eigenvalue weighted by atomic mass is 10.1. The van der Waals surface area contributed by atoms with E-state index in [0.29, 0.717) is 0 Å². The van der Waals surface area contributed by atoms with Crippen LogP contribution in [0.3, 0.4) is 0 Å². The molecule has 3 rings (SSSR count). The summed E-state index contributed by atoms with van der Waals surface area (Å²) in [5, 5.41) is 5.34. The van der Waals surface area contributed by atoms with Crippen LogP contribution in [0.15, 0.2) is 35.0 Å². The number of hydrogen-bond donors (Lipinski definition) is 1. The van der Waals surface area contributed by atoms with E-state index in [-0.39, 0.29) is 0 Å². The molecular weight excluding hydrogens is 262 g/mol. The van der Waals surface area contributed by atoms with Crippen LogP contribution in [0.5, 0.6) is 0 Å². The van der Waals surface area contributed by atoms with E-state index in [4.69, 9.17) is 4.52 Å². The Bertz CT molecular complexity index is 722. The van der Waals surface area contributed by atoms with Crippen LogP contribution >= 0.6 is 0 Å². The molecule has 0 atom stereocenters. The van der Waals surface area contributed by atoms with Gasteiger partial charge in [-0.3, -0.25) is 4.90 Å². The maximum Gasteiger partial charge on any atom is 0.138 e. The number of nitrogens with zero attached hydrogens (tertiary/aromatic N) is 2. The van der Waals surface area contributed by atoms with Crippen molar-refractivity contribution in [3.8, 4) is 0 Å². The molecule has 1 aromatic carbocycles. The lowest BCUT2D eigenvalue weighted by Gasteiger charge is -2.20. The van der Waals surface area contributed by atoms with Crippen LogP contribution in [0.25, 0.3) is 10.9 Å². The first kappa shape index (κ1) is 13.9. The first-order valence-electron chi connectivity index (χ1n) is 7.38. The lowest BCUT2D eigenvalue weighted by molar-refractivity contribution is 0.270. The van der Waals surface area contributed by atoms with Crippen molar-refractivity contribution in [1.29, 1.82) is 0 Å². The number of para-hydroxylation sites is 1. The minimum absolute atomic E-state index is 0.872. The molecule has 0 aliphatic carbocycles. The Balaban J connectivity index is 1.81. The summed E-state index contributed by atoms with van der Waals surface area (Å²) in [4.78, 5) is 5.75. The zero-order valence-corrected chi connectivity index (χ0v) is 12.8. The lowest BCUT2D eigenvalue weighted by Crippen LogP contribution is -2.22. The van der Waals surface area contributed by atoms with Crippen LogP contribution in [0.1, 0.15) is 29.5 Å². The van der Waals surface area contributed by atoms with Crippen molar-refractivity contribution in [1.82, 2.24) is 15.0 Å². The van der Waals surface area contributed by atoms with E-state index in [0.717, 1.165) is 31.1 Å². The highest BCUT2D eigenvalue weighted by Gasteiger charge is 2.14. The second kappa shape index (κ2) is 5.74. The smallest absolute Gasteiger partial charge is 0.138 e. The van der Waals surface area contributed by atoms with E-state index in [9.17, 15) is 0 Å². The Morgan fingerprint density at radius 1 is 1.19 bits per heavy atom. The van der Waals surface area contributed by atoms with E-state index in [1.807, 2.05) is 13.8 Å². The number of H-pyrrole nitrogens is 1. The highest BCUT2D eigenvalue weighted by atomic mass is 16.5. The van der Waals surface area contributed by atoms with Gasteiger partial charge in [-0.2, -0.15) is 0 Å². The summed E-state index contributed by atoms with van der Waals surface area (Å²) in [7, 11) is 0. The Labute approximate surface area is 124 Å². The number of benzene rings is 1. The number of rotatable bonds is 5. The van der Waals surface area contributed by atoms with E-state index >= 15 is 0 Å². The number of aryl methyl sites for hydroxylation is 2. The van der Waals surface area contributed by atoms with Gasteiger partial charge in [0.05, 0.1) is 5.69 Å². The molecule has 2 heterocycles. The first-order valence-corrected chi connectivity index (χ1v) is 7.38. The van der Waals surface area contributed by atoms with Gasteiger partial charge in [-0.15, -0.1) is 0 Å². The van der Waals surface area contributed by atoms with Gasteiger partial charge >= 0.3 is 0 Å². The Hall–Kier alpha value is -2.07. The molecule has 0 aliphatic heterocycles. The minimum atomic E-state index is 0.872. The van der Waals surface area contributed by atoms with Crippen molar-refractivity contribution < 1.29 is 4.52 Å². The zero-order valence-electron chi connectivity index (χ0n) is 12.8. The van der Waals surface area contributed by atoms with Gasteiger partial charge in [0.2, 0.25) is 0 Å². The van der Waals surface area contributed by atoms with Gasteiger partial charge in [0, 0.05) is 35.8 Å². The minimum Gasteiger partial charge on any atom is -0.361 e. The molecule has 4 heteroatoms. The van der Waals surface area contributed by atoms with E-state index in [1.54, 1.807) is 0 Å². The molecule has 3 aromatic rings. The van der Waals surface area contributed by atoms with Gasteiger partial charge in [0.25, 0.3) is 0 Å². The fourth-order valence-corrected chi connectivity index (χ4v) is 2.73. The summed E-state index contributed by atoms with van der Waals surface area (Å²) in [5.41, 5.74) is 4.72. The maximum absolute atomic E-state index is 5.26. The number of fused-ring (bicyclic) bond motifs is 1. The highest BCUT2D eigenvalue weighted by molar-refractivity contribution is 5.82. The topological polar surface area (TPSA) is 45.1 Å². The molecule has 0 fully saturated rings. The number of hydrogen-bond acceptors (Lipinski definition) is 3. The third-order valence-corrected chi connectivity index (χ3v) is 4.08. The summed E-state index contributed by atoms with van der Waals surface area (Å²) in [6.07, 6.45) is 2.11. The predicted octanol–water partition coefficient (Wildman–Crippen LogP) is 3.79. The van der Waals surface area contributed by atoms with Crippen LogP contribution < -0.4 is 0 Å². The van der Waals surface area contributed by atoms with Gasteiger partial charge in [-0.05, 0) is 32.0 Å². The molecule has 0 amide bonds. The monoisotopic (exact) mass is 283 g/mol. The molecule has 21 heavy (non-hydrogen) atoms. The van der Waals surface area contributed by atoms with Crippen LogP contribution in [0.4, 0.5) is 0 Å². The molecule has 1 N–H and O–H groups in total. The molecule has 0 radical (unpaired) electrons. The predicted molar refractivity (Wildman–Crippen MR) is 84.1 cm³/mol. The summed E-state index contributed by atoms with van der Waals surface area (Å²) >= 11 is 0. The average Bonchev–Trinajstić information content (AvgIpc) is 3.04. The van der Waals surface area contributed by atoms with Crippen molar-refractivity contribution in [2.45, 2.75) is 33.9 Å². The molecule has 2 aromatic heterocycles. The van der Waals surface area contributed by atoms with Gasteiger partial charge in [-0.1, -0.05) is 30.3 Å². The van der Waals surface area contributed by atoms with E-state index in [1.165, 1.54) is 22.0 Å². The Morgan fingerprint density at radius 3 is 2.71 bits per heavy atom. The fourth-order valence-electron chi connectivity index (χ4n) is 2.73. The van der Waals surface area contributed by atoms with Crippen LogP contribution in [0, 0.1) is 13.8 Å². The standard InChI is InChI=1S/C17H21N3O/c1-4-20(11-16-12(2)19-21-13(16)3)10-14-9-18-17-8-6-5-7-15(14)17/h5-9,18H,4,10-11H2,1-3H3. The zero-order chi connectivity index (χ0) is 14.8. The van der Waals surface area contributed by atoms with E-state index in [2.05, 4.69) is 52.4 Å². The molecule has 110 valence electrons. The summed E-state index contributed by atoms with van der Waals surface area (Å²) in [6.45, 7) is 8.96. The average molecular weight is 283 g/mol. The van der Waals surface area contributed by atoms with E-state index < -0.39 is 0 Å². The normalized spacial score (nSPS) is 11.6. The van der Waals surface area contributed by atoms with Gasteiger partial charge < -0.3 is 9.51 Å². The van der Waals surface area contributed by atoms with Crippen LogP contribution in [-0.2, 0) is 13.1 Å². The van der Waals surface area contributed by atoms with Crippen molar-refractivity contribution in [2.75, 3.05) is 6.54 Å².